The molecule has 3 atom stereocenters. The van der Waals surface area contributed by atoms with Gasteiger partial charge in [0.2, 0.25) is 0 Å². The van der Waals surface area contributed by atoms with Crippen LogP contribution in [-0.2, 0) is 29.2 Å². The van der Waals surface area contributed by atoms with E-state index in [4.69, 9.17) is 9.29 Å². The molecule has 0 aromatic carbocycles. The Morgan fingerprint density at radius 3 is 1.58 bits per heavy atom. The summed E-state index contributed by atoms with van der Waals surface area (Å²) in [5, 5.41) is -5.79. The van der Waals surface area contributed by atoms with Gasteiger partial charge in [0.15, 0.2) is 0 Å². The van der Waals surface area contributed by atoms with Gasteiger partial charge in [-0.25, -0.2) is 0 Å². The quantitative estimate of drug-likeness (QED) is 0.271. The Kier molecular flexibility index (Phi) is 5.65. The Morgan fingerprint density at radius 2 is 1.16 bits per heavy atom. The zero-order valence-electron chi connectivity index (χ0n) is 20.6. The number of hydrogen-bond donors (Lipinski definition) is 1. The number of alkyl halides is 5. The standard InChI is InChI=1S/C25H31F5O7S/c26-24(27,28)18(25(29,30)38(33,34)35)36-19(31)21-5-16-4-17(6-21)8-22(7-16,12-21)20(32)37-23-9-13-1-14(10-23)3-15(2-13)11-23/h13-18H,1-12H2,(H,33,34,35). The van der Waals surface area contributed by atoms with E-state index < -0.39 is 56.0 Å². The molecule has 0 heterocycles. The number of hydrogen-bond acceptors (Lipinski definition) is 6. The maximum absolute atomic E-state index is 14.1. The summed E-state index contributed by atoms with van der Waals surface area (Å²) in [7, 11) is -6.54. The van der Waals surface area contributed by atoms with Gasteiger partial charge in [-0.2, -0.15) is 30.4 Å². The van der Waals surface area contributed by atoms with Gasteiger partial charge in [0.25, 0.3) is 6.10 Å². The molecule has 0 spiro atoms. The van der Waals surface area contributed by atoms with Crippen LogP contribution < -0.4 is 0 Å². The maximum atomic E-state index is 14.1. The summed E-state index contributed by atoms with van der Waals surface area (Å²) < 4.78 is 110. The fourth-order valence-electron chi connectivity index (χ4n) is 9.89. The third-order valence-corrected chi connectivity index (χ3v) is 11.3. The van der Waals surface area contributed by atoms with Crippen LogP contribution in [0.15, 0.2) is 0 Å². The number of halogens is 5. The predicted octanol–water partition coefficient (Wildman–Crippen LogP) is 5.04. The SMILES string of the molecule is O=C(OC(C(F)(F)F)C(F)(F)S(=O)(=O)O)C12CC3CC(C1)CC(C(=O)OC14CC5CC(CC(C5)C1)C4)(C3)C2. The highest BCUT2D eigenvalue weighted by atomic mass is 32.2. The van der Waals surface area contributed by atoms with Crippen molar-refractivity contribution in [3.05, 3.63) is 0 Å². The molecular formula is C25H31F5O7S. The molecular weight excluding hydrogens is 539 g/mol. The normalized spacial score (nSPS) is 44.2. The van der Waals surface area contributed by atoms with Crippen LogP contribution in [0.1, 0.15) is 77.0 Å². The third kappa shape index (κ3) is 4.07. The first-order chi connectivity index (χ1) is 17.4. The number of esters is 2. The highest BCUT2D eigenvalue weighted by Gasteiger charge is 2.70. The van der Waals surface area contributed by atoms with Gasteiger partial charge in [-0.15, -0.1) is 0 Å². The first-order valence-electron chi connectivity index (χ1n) is 13.3. The smallest absolute Gasteiger partial charge is 0.432 e. The predicted molar refractivity (Wildman–Crippen MR) is 119 cm³/mol. The van der Waals surface area contributed by atoms with Gasteiger partial charge in [-0.3, -0.25) is 14.1 Å². The van der Waals surface area contributed by atoms with E-state index in [1.54, 1.807) is 0 Å². The molecule has 8 rings (SSSR count). The van der Waals surface area contributed by atoms with E-state index in [2.05, 4.69) is 4.74 Å². The molecule has 0 aromatic heterocycles. The molecule has 0 aromatic rings. The minimum Gasteiger partial charge on any atom is -0.459 e. The second-order valence-corrected chi connectivity index (χ2v) is 14.9. The zero-order chi connectivity index (χ0) is 27.5. The summed E-state index contributed by atoms with van der Waals surface area (Å²) in [4.78, 5) is 27.0. The summed E-state index contributed by atoms with van der Waals surface area (Å²) in [6, 6.07) is 0. The molecule has 0 aliphatic heterocycles. The molecule has 8 fully saturated rings. The van der Waals surface area contributed by atoms with E-state index in [9.17, 15) is 40.0 Å². The molecule has 8 saturated carbocycles. The minimum absolute atomic E-state index is 0.0662. The minimum atomic E-state index is -6.54. The summed E-state index contributed by atoms with van der Waals surface area (Å²) >= 11 is 0. The van der Waals surface area contributed by atoms with Crippen LogP contribution in [0, 0.1) is 40.4 Å². The topological polar surface area (TPSA) is 107 Å². The lowest BCUT2D eigenvalue weighted by Gasteiger charge is -2.61. The summed E-state index contributed by atoms with van der Waals surface area (Å²) in [5.74, 6) is -0.926. The Labute approximate surface area is 216 Å². The Morgan fingerprint density at radius 1 is 0.737 bits per heavy atom. The molecule has 3 unspecified atom stereocenters. The van der Waals surface area contributed by atoms with Gasteiger partial charge in [0, 0.05) is 0 Å². The summed E-state index contributed by atoms with van der Waals surface area (Å²) in [6.07, 6.45) is -3.14. The number of rotatable bonds is 6. The van der Waals surface area contributed by atoms with Crippen molar-refractivity contribution in [3.63, 3.8) is 0 Å². The van der Waals surface area contributed by atoms with Crippen molar-refractivity contribution in [2.75, 3.05) is 0 Å². The molecule has 1 N–H and O–H groups in total. The molecule has 0 radical (unpaired) electrons. The van der Waals surface area contributed by atoms with Crippen LogP contribution in [0.25, 0.3) is 0 Å². The lowest BCUT2D eigenvalue weighted by Crippen LogP contribution is -2.61. The van der Waals surface area contributed by atoms with E-state index in [0.29, 0.717) is 37.0 Å². The summed E-state index contributed by atoms with van der Waals surface area (Å²) in [6.45, 7) is 0. The Hall–Kier alpha value is -1.50. The number of ether oxygens (including phenoxy) is 2. The number of carbonyl (C=O) groups excluding carboxylic acids is 2. The van der Waals surface area contributed by atoms with Crippen molar-refractivity contribution < 1.29 is 54.0 Å². The molecule has 8 bridgehead atoms. The zero-order valence-corrected chi connectivity index (χ0v) is 21.5. The van der Waals surface area contributed by atoms with E-state index in [1.165, 1.54) is 0 Å². The first-order valence-corrected chi connectivity index (χ1v) is 14.7. The van der Waals surface area contributed by atoms with Crippen molar-refractivity contribution in [2.45, 2.75) is 100 Å². The van der Waals surface area contributed by atoms with Crippen molar-refractivity contribution in [3.8, 4) is 0 Å². The fourth-order valence-corrected chi connectivity index (χ4v) is 10.3. The molecule has 0 amide bonds. The van der Waals surface area contributed by atoms with E-state index >= 15 is 0 Å². The lowest BCUT2D eigenvalue weighted by molar-refractivity contribution is -0.268. The monoisotopic (exact) mass is 570 g/mol. The largest absolute Gasteiger partial charge is 0.459 e. The first kappa shape index (κ1) is 26.7. The molecule has 8 aliphatic rings. The second-order valence-electron chi connectivity index (χ2n) is 13.4. The van der Waals surface area contributed by atoms with Gasteiger partial charge in [0.1, 0.15) is 5.60 Å². The van der Waals surface area contributed by atoms with Crippen LogP contribution in [0.3, 0.4) is 0 Å². The fraction of sp³-hybridized carbons (Fsp3) is 0.920. The second kappa shape index (κ2) is 8.04. The third-order valence-electron chi connectivity index (χ3n) is 10.4. The van der Waals surface area contributed by atoms with E-state index in [-0.39, 0.29) is 31.1 Å². The highest BCUT2D eigenvalue weighted by molar-refractivity contribution is 7.86. The average Bonchev–Trinajstić information content (AvgIpc) is 2.73. The Balaban J connectivity index is 1.26. The van der Waals surface area contributed by atoms with E-state index in [1.807, 2.05) is 0 Å². The van der Waals surface area contributed by atoms with Crippen LogP contribution in [0.4, 0.5) is 22.0 Å². The highest BCUT2D eigenvalue weighted by Crippen LogP contribution is 2.67. The molecule has 38 heavy (non-hydrogen) atoms. The molecule has 13 heteroatoms. The van der Waals surface area contributed by atoms with Crippen LogP contribution in [-0.4, -0.2) is 48.0 Å². The molecule has 8 aliphatic carbocycles. The van der Waals surface area contributed by atoms with Crippen molar-refractivity contribution >= 4 is 22.1 Å². The van der Waals surface area contributed by atoms with Crippen molar-refractivity contribution in [2.24, 2.45) is 40.4 Å². The molecule has 7 nitrogen and oxygen atoms in total. The lowest BCUT2D eigenvalue weighted by atomic mass is 9.44. The van der Waals surface area contributed by atoms with Crippen LogP contribution in [0.5, 0.6) is 0 Å². The van der Waals surface area contributed by atoms with Gasteiger partial charge >= 0.3 is 33.5 Å². The maximum Gasteiger partial charge on any atom is 0.432 e. The summed E-state index contributed by atoms with van der Waals surface area (Å²) in [5.41, 5.74) is -3.31. The van der Waals surface area contributed by atoms with Crippen LogP contribution >= 0.6 is 0 Å². The van der Waals surface area contributed by atoms with Gasteiger partial charge in [-0.1, -0.05) is 0 Å². The number of carbonyl (C=O) groups is 2. The van der Waals surface area contributed by atoms with Gasteiger partial charge < -0.3 is 9.47 Å². The van der Waals surface area contributed by atoms with E-state index in [0.717, 1.165) is 38.5 Å². The van der Waals surface area contributed by atoms with Gasteiger partial charge in [-0.05, 0) is 107 Å². The average molecular weight is 571 g/mol. The van der Waals surface area contributed by atoms with Crippen molar-refractivity contribution in [1.29, 1.82) is 0 Å². The van der Waals surface area contributed by atoms with Gasteiger partial charge in [0.05, 0.1) is 10.8 Å². The molecule has 214 valence electrons. The molecule has 0 saturated heterocycles. The van der Waals surface area contributed by atoms with Crippen molar-refractivity contribution in [1.82, 2.24) is 0 Å². The van der Waals surface area contributed by atoms with Crippen LogP contribution in [0.2, 0.25) is 0 Å². The Bertz CT molecular complexity index is 1100.